The summed E-state index contributed by atoms with van der Waals surface area (Å²) in [5.41, 5.74) is 0.986. The first kappa shape index (κ1) is 22.9. The highest BCUT2D eigenvalue weighted by Gasteiger charge is 2.34. The van der Waals surface area contributed by atoms with Gasteiger partial charge in [0.1, 0.15) is 6.26 Å². The van der Waals surface area contributed by atoms with E-state index >= 15 is 0 Å². The normalized spacial score (nSPS) is 15.5. The molecule has 144 valence electrons. The second-order valence-electron chi connectivity index (χ2n) is 5.90. The molecule has 0 bridgehead atoms. The number of carbonyl (C=O) groups is 3. The van der Waals surface area contributed by atoms with Gasteiger partial charge < -0.3 is 15.2 Å². The Morgan fingerprint density at radius 2 is 1.88 bits per heavy atom. The highest BCUT2D eigenvalue weighted by Crippen LogP contribution is 2.22. The second-order valence-corrected chi connectivity index (χ2v) is 9.86. The third-order valence-electron chi connectivity index (χ3n) is 4.06. The lowest BCUT2D eigenvalue weighted by Crippen LogP contribution is -2.51. The topological polar surface area (TPSA) is 86.3 Å². The highest BCUT2D eigenvalue weighted by atomic mass is 32.2. The number of benzene rings is 1. The van der Waals surface area contributed by atoms with Crippen LogP contribution in [0.25, 0.3) is 0 Å². The average molecular weight is 416 g/mol. The molecule has 3 unspecified atom stereocenters. The summed E-state index contributed by atoms with van der Waals surface area (Å²) in [6.07, 6.45) is 4.26. The number of hydrogen-bond acceptors (Lipinski definition) is 6. The van der Waals surface area contributed by atoms with Crippen LogP contribution in [0, 0.1) is 5.92 Å². The van der Waals surface area contributed by atoms with Gasteiger partial charge in [-0.15, -0.1) is 11.8 Å². The van der Waals surface area contributed by atoms with Crippen LogP contribution in [0.2, 0.25) is 0 Å². The highest BCUT2D eigenvalue weighted by molar-refractivity contribution is 8.22. The van der Waals surface area contributed by atoms with Gasteiger partial charge in [-0.05, 0) is 18.2 Å². The van der Waals surface area contributed by atoms with Gasteiger partial charge in [0.05, 0.1) is 28.8 Å². The summed E-state index contributed by atoms with van der Waals surface area (Å²) >= 11 is 5.67. The number of thiol groups is 1. The van der Waals surface area contributed by atoms with Crippen LogP contribution in [0.3, 0.4) is 0 Å². The van der Waals surface area contributed by atoms with Crippen molar-refractivity contribution in [1.82, 2.24) is 5.32 Å². The van der Waals surface area contributed by atoms with E-state index in [9.17, 15) is 19.5 Å². The SMILES string of the molecule is CSC(C[C@H](NC(=O)C(CS)Cc1ccccc1)C(=O)[O-])[S+](C)C(C)=O. The molecular formula is C18H25NO4S3. The van der Waals surface area contributed by atoms with Crippen LogP contribution in [0.1, 0.15) is 18.9 Å². The van der Waals surface area contributed by atoms with Crippen molar-refractivity contribution < 1.29 is 19.5 Å². The fourth-order valence-electron chi connectivity index (χ4n) is 2.40. The minimum absolute atomic E-state index is 0.0186. The van der Waals surface area contributed by atoms with Gasteiger partial charge in [0.25, 0.3) is 0 Å². The minimum Gasteiger partial charge on any atom is -0.548 e. The fourth-order valence-corrected chi connectivity index (χ4v) is 5.50. The van der Waals surface area contributed by atoms with Gasteiger partial charge >= 0.3 is 5.12 Å². The molecule has 1 amide bonds. The molecule has 26 heavy (non-hydrogen) atoms. The Morgan fingerprint density at radius 3 is 2.35 bits per heavy atom. The number of thioether (sulfide) groups is 1. The molecule has 0 aliphatic rings. The summed E-state index contributed by atoms with van der Waals surface area (Å²) in [7, 11) is -0.589. The van der Waals surface area contributed by atoms with Crippen LogP contribution in [0.5, 0.6) is 0 Å². The van der Waals surface area contributed by atoms with Gasteiger partial charge in [-0.1, -0.05) is 30.3 Å². The zero-order chi connectivity index (χ0) is 19.7. The zero-order valence-electron chi connectivity index (χ0n) is 15.1. The van der Waals surface area contributed by atoms with E-state index < -0.39 is 28.8 Å². The molecular weight excluding hydrogens is 390 g/mol. The average Bonchev–Trinajstić information content (AvgIpc) is 2.62. The third-order valence-corrected chi connectivity index (χ3v) is 8.55. The summed E-state index contributed by atoms with van der Waals surface area (Å²) in [5.74, 6) is -1.84. The number of carbonyl (C=O) groups excluding carboxylic acids is 3. The maximum Gasteiger partial charge on any atom is 0.328 e. The molecule has 0 spiro atoms. The number of carboxylic acid groups (broad SMARTS) is 1. The molecule has 1 aromatic carbocycles. The van der Waals surface area contributed by atoms with Gasteiger partial charge in [-0.25, -0.2) is 4.79 Å². The first-order chi connectivity index (χ1) is 12.3. The van der Waals surface area contributed by atoms with Crippen molar-refractivity contribution in [3.05, 3.63) is 35.9 Å². The van der Waals surface area contributed by atoms with E-state index in [0.29, 0.717) is 12.2 Å². The quantitative estimate of drug-likeness (QED) is 0.438. The molecule has 0 saturated heterocycles. The monoisotopic (exact) mass is 415 g/mol. The molecule has 0 aliphatic heterocycles. The fraction of sp³-hybridized carbons (Fsp3) is 0.500. The Kier molecular flexibility index (Phi) is 10.2. The maximum absolute atomic E-state index is 12.5. The van der Waals surface area contributed by atoms with Crippen molar-refractivity contribution in [1.29, 1.82) is 0 Å². The van der Waals surface area contributed by atoms with E-state index in [1.807, 2.05) is 36.6 Å². The largest absolute Gasteiger partial charge is 0.548 e. The van der Waals surface area contributed by atoms with Crippen LogP contribution in [0.15, 0.2) is 30.3 Å². The minimum atomic E-state index is -1.34. The van der Waals surface area contributed by atoms with E-state index in [4.69, 9.17) is 0 Å². The third kappa shape index (κ3) is 7.25. The lowest BCUT2D eigenvalue weighted by atomic mass is 9.99. The Balaban J connectivity index is 2.79. The summed E-state index contributed by atoms with van der Waals surface area (Å²) in [5, 5.41) is 14.1. The summed E-state index contributed by atoms with van der Waals surface area (Å²) in [6.45, 7) is 1.50. The van der Waals surface area contributed by atoms with Crippen molar-refractivity contribution in [2.45, 2.75) is 30.4 Å². The molecule has 0 saturated carbocycles. The van der Waals surface area contributed by atoms with Crippen LogP contribution in [-0.2, 0) is 31.7 Å². The number of hydrogen-bond donors (Lipinski definition) is 2. The van der Waals surface area contributed by atoms with Gasteiger partial charge in [-0.3, -0.25) is 4.79 Å². The second kappa shape index (κ2) is 11.6. The van der Waals surface area contributed by atoms with Crippen molar-refractivity contribution in [3.63, 3.8) is 0 Å². The summed E-state index contributed by atoms with van der Waals surface area (Å²) in [4.78, 5) is 35.7. The number of carboxylic acids is 1. The Bertz CT molecular complexity index is 612. The van der Waals surface area contributed by atoms with E-state index in [1.54, 1.807) is 6.26 Å². The first-order valence-corrected chi connectivity index (χ1v) is 11.8. The molecule has 1 N–H and O–H groups in total. The van der Waals surface area contributed by atoms with Crippen LogP contribution in [-0.4, -0.2) is 45.9 Å². The van der Waals surface area contributed by atoms with Gasteiger partial charge in [-0.2, -0.15) is 12.6 Å². The number of nitrogens with one attached hydrogen (secondary N) is 1. The predicted molar refractivity (Wildman–Crippen MR) is 110 cm³/mol. The van der Waals surface area contributed by atoms with E-state index in [2.05, 4.69) is 17.9 Å². The van der Waals surface area contributed by atoms with Crippen molar-refractivity contribution >= 4 is 52.3 Å². The molecule has 1 aromatic rings. The molecule has 1 rings (SSSR count). The summed E-state index contributed by atoms with van der Waals surface area (Å²) in [6, 6.07) is 8.37. The predicted octanol–water partition coefficient (Wildman–Crippen LogP) is 0.884. The Labute approximate surface area is 167 Å². The van der Waals surface area contributed by atoms with E-state index in [0.717, 1.165) is 5.56 Å². The Morgan fingerprint density at radius 1 is 1.27 bits per heavy atom. The molecule has 0 heterocycles. The molecule has 0 fully saturated rings. The molecule has 8 heteroatoms. The zero-order valence-corrected chi connectivity index (χ0v) is 17.7. The molecule has 0 aliphatic carbocycles. The number of aliphatic carboxylic acids is 1. The molecule has 4 atom stereocenters. The smallest absolute Gasteiger partial charge is 0.328 e. The van der Waals surface area contributed by atoms with Crippen LogP contribution >= 0.6 is 24.4 Å². The number of amides is 1. The standard InChI is InChI=1S/C18H25NO4S3/c1-12(20)26(3)16(25-2)10-15(18(22)23)19-17(21)14(11-24)9-13-7-5-4-6-8-13/h4-8,14-16H,9-11H2,1-3H3,(H2-,19,21,22,23,24)/t14?,15-,16?,26?/m0/s1. The van der Waals surface area contributed by atoms with Gasteiger partial charge in [0.15, 0.2) is 4.58 Å². The maximum atomic E-state index is 12.5. The number of rotatable bonds is 10. The van der Waals surface area contributed by atoms with Gasteiger partial charge in [0.2, 0.25) is 5.91 Å². The summed E-state index contributed by atoms with van der Waals surface area (Å²) < 4.78 is -0.181. The first-order valence-electron chi connectivity index (χ1n) is 8.14. The van der Waals surface area contributed by atoms with Gasteiger partial charge in [0, 0.05) is 19.1 Å². The molecule has 5 nitrogen and oxygen atoms in total. The van der Waals surface area contributed by atoms with Crippen molar-refractivity contribution in [3.8, 4) is 0 Å². The Hall–Kier alpha value is -1.12. The molecule has 0 aromatic heterocycles. The molecule has 0 radical (unpaired) electrons. The van der Waals surface area contributed by atoms with E-state index in [-0.39, 0.29) is 22.0 Å². The van der Waals surface area contributed by atoms with Crippen LogP contribution < -0.4 is 10.4 Å². The van der Waals surface area contributed by atoms with Crippen LogP contribution in [0.4, 0.5) is 0 Å². The van der Waals surface area contributed by atoms with Crippen molar-refractivity contribution in [2.75, 3.05) is 18.3 Å². The lowest BCUT2D eigenvalue weighted by Gasteiger charge is -2.25. The van der Waals surface area contributed by atoms with Crippen molar-refractivity contribution in [2.24, 2.45) is 5.92 Å². The lowest BCUT2D eigenvalue weighted by molar-refractivity contribution is -0.308. The van der Waals surface area contributed by atoms with E-state index in [1.165, 1.54) is 18.7 Å².